The highest BCUT2D eigenvalue weighted by molar-refractivity contribution is 7.89. The summed E-state index contributed by atoms with van der Waals surface area (Å²) in [5.74, 6) is -3.13. The topological polar surface area (TPSA) is 72.2 Å². The first kappa shape index (κ1) is 13.1. The summed E-state index contributed by atoms with van der Waals surface area (Å²) in [5, 5.41) is 7.14. The van der Waals surface area contributed by atoms with Crippen molar-refractivity contribution in [3.63, 3.8) is 0 Å². The maximum atomic E-state index is 13.4. The molecule has 1 heterocycles. The second kappa shape index (κ2) is 3.82. The molecule has 0 bridgehead atoms. The second-order valence-corrected chi connectivity index (χ2v) is 5.42. The van der Waals surface area contributed by atoms with E-state index in [0.29, 0.717) is 6.07 Å². The molecule has 0 radical (unpaired) electrons. The number of halogens is 4. The number of alkyl halides is 3. The summed E-state index contributed by atoms with van der Waals surface area (Å²) in [4.78, 5) is -0.823. The first-order chi connectivity index (χ1) is 8.10. The Morgan fingerprint density at radius 1 is 1.33 bits per heavy atom. The fourth-order valence-electron chi connectivity index (χ4n) is 1.84. The predicted molar refractivity (Wildman–Crippen MR) is 55.1 cm³/mol. The largest absolute Gasteiger partial charge is 0.397 e. The van der Waals surface area contributed by atoms with Gasteiger partial charge in [0.1, 0.15) is 10.7 Å². The molecule has 0 unspecified atom stereocenters. The monoisotopic (exact) mass is 284 g/mol. The van der Waals surface area contributed by atoms with Crippen LogP contribution in [0.3, 0.4) is 0 Å². The van der Waals surface area contributed by atoms with Crippen molar-refractivity contribution in [2.45, 2.75) is 17.0 Å². The Balaban J connectivity index is 2.57. The Labute approximate surface area is 99.8 Å². The lowest BCUT2D eigenvalue weighted by Gasteiger charge is -2.14. The van der Waals surface area contributed by atoms with Crippen molar-refractivity contribution in [1.29, 1.82) is 0 Å². The number of nitrogens with one attached hydrogen (secondary N) is 1. The highest BCUT2D eigenvalue weighted by Crippen LogP contribution is 2.43. The molecular weight excluding hydrogens is 276 g/mol. The Kier molecular flexibility index (Phi) is 2.78. The van der Waals surface area contributed by atoms with Crippen molar-refractivity contribution in [2.75, 3.05) is 11.9 Å². The molecule has 3 N–H and O–H groups in total. The molecule has 0 aromatic heterocycles. The number of hydrogen-bond acceptors (Lipinski definition) is 3. The van der Waals surface area contributed by atoms with Crippen molar-refractivity contribution in [2.24, 2.45) is 5.14 Å². The Morgan fingerprint density at radius 3 is 2.44 bits per heavy atom. The molecule has 9 heteroatoms. The maximum absolute atomic E-state index is 13.4. The summed E-state index contributed by atoms with van der Waals surface area (Å²) in [7, 11) is -4.30. The van der Waals surface area contributed by atoms with Crippen LogP contribution in [0.1, 0.15) is 11.5 Å². The number of rotatable bonds is 1. The van der Waals surface area contributed by atoms with Gasteiger partial charge in [0, 0.05) is 12.2 Å². The molecular formula is C9H8F4N2O2S. The number of fused-ring (bicyclic) bond motifs is 1. The fourth-order valence-corrected chi connectivity index (χ4v) is 2.46. The molecule has 2 rings (SSSR count). The van der Waals surface area contributed by atoms with Crippen molar-refractivity contribution in [3.05, 3.63) is 23.5 Å². The summed E-state index contributed by atoms with van der Waals surface area (Å²) in [6.45, 7) is -0.452. The van der Waals surface area contributed by atoms with Gasteiger partial charge in [-0.25, -0.2) is 17.9 Å². The summed E-state index contributed by atoms with van der Waals surface area (Å²) >= 11 is 0. The number of nitrogens with two attached hydrogens (primary N) is 1. The normalized spacial score (nSPS) is 19.5. The van der Waals surface area contributed by atoms with Gasteiger partial charge in [-0.2, -0.15) is 13.2 Å². The molecule has 0 saturated heterocycles. The lowest BCUT2D eigenvalue weighted by Crippen LogP contribution is -2.22. The summed E-state index contributed by atoms with van der Waals surface area (Å²) in [5.41, 5.74) is -0.379. The van der Waals surface area contributed by atoms with Crippen molar-refractivity contribution in [1.82, 2.24) is 0 Å². The Morgan fingerprint density at radius 2 is 1.94 bits per heavy atom. The zero-order chi connectivity index (χ0) is 13.7. The highest BCUT2D eigenvalue weighted by atomic mass is 32.2. The van der Waals surface area contributed by atoms with E-state index in [1.165, 1.54) is 0 Å². The van der Waals surface area contributed by atoms with Crippen LogP contribution in [0, 0.1) is 5.82 Å². The third-order valence-electron chi connectivity index (χ3n) is 2.68. The molecule has 1 aliphatic rings. The van der Waals surface area contributed by atoms with Gasteiger partial charge in [0.05, 0.1) is 5.92 Å². The van der Waals surface area contributed by atoms with Gasteiger partial charge in [0.15, 0.2) is 0 Å². The van der Waals surface area contributed by atoms with E-state index in [9.17, 15) is 26.0 Å². The van der Waals surface area contributed by atoms with Crippen molar-refractivity contribution < 1.29 is 26.0 Å². The van der Waals surface area contributed by atoms with E-state index < -0.39 is 39.4 Å². The molecule has 18 heavy (non-hydrogen) atoms. The zero-order valence-corrected chi connectivity index (χ0v) is 9.57. The van der Waals surface area contributed by atoms with E-state index >= 15 is 0 Å². The molecule has 100 valence electrons. The minimum Gasteiger partial charge on any atom is -0.384 e. The summed E-state index contributed by atoms with van der Waals surface area (Å²) in [6.07, 6.45) is -4.52. The lowest BCUT2D eigenvalue weighted by molar-refractivity contribution is -0.145. The van der Waals surface area contributed by atoms with Crippen LogP contribution in [-0.2, 0) is 10.0 Å². The standard InChI is InChI=1S/C9H8F4N2O2S/c10-6-1-4-5(9(11,12)13)3-15-7(4)2-8(6)18(14,16)17/h1-2,5,15H,3H2,(H2,14,16,17)/t5-/m1/s1. The predicted octanol–water partition coefficient (Wildman–Crippen LogP) is 1.54. The molecule has 1 aromatic rings. The Bertz CT molecular complexity index is 597. The first-order valence-electron chi connectivity index (χ1n) is 4.77. The second-order valence-electron chi connectivity index (χ2n) is 3.89. The molecule has 1 atom stereocenters. The maximum Gasteiger partial charge on any atom is 0.397 e. The van der Waals surface area contributed by atoms with E-state index in [1.54, 1.807) is 0 Å². The van der Waals surface area contributed by atoms with Crippen molar-refractivity contribution >= 4 is 15.7 Å². The van der Waals surface area contributed by atoms with Crippen LogP contribution in [0.25, 0.3) is 0 Å². The molecule has 0 saturated carbocycles. The van der Waals surface area contributed by atoms with Crippen LogP contribution in [0.5, 0.6) is 0 Å². The molecule has 1 aromatic carbocycles. The highest BCUT2D eigenvalue weighted by Gasteiger charge is 2.45. The van der Waals surface area contributed by atoms with Gasteiger partial charge in [-0.15, -0.1) is 0 Å². The molecule has 1 aliphatic heterocycles. The van der Waals surface area contributed by atoms with E-state index in [4.69, 9.17) is 5.14 Å². The van der Waals surface area contributed by atoms with Gasteiger partial charge in [-0.1, -0.05) is 0 Å². The Hall–Kier alpha value is -1.35. The quantitative estimate of drug-likeness (QED) is 0.768. The molecule has 0 aliphatic carbocycles. The van der Waals surface area contributed by atoms with Crippen molar-refractivity contribution in [3.8, 4) is 0 Å². The first-order valence-corrected chi connectivity index (χ1v) is 6.32. The van der Waals surface area contributed by atoms with Crippen LogP contribution in [0.4, 0.5) is 23.2 Å². The van der Waals surface area contributed by atoms with Crippen LogP contribution < -0.4 is 10.5 Å². The van der Waals surface area contributed by atoms with Crippen LogP contribution in [-0.4, -0.2) is 21.1 Å². The van der Waals surface area contributed by atoms with E-state index in [1.807, 2.05) is 0 Å². The van der Waals surface area contributed by atoms with E-state index in [-0.39, 0.29) is 11.3 Å². The van der Waals surface area contributed by atoms with Gasteiger partial charge in [-0.3, -0.25) is 0 Å². The number of hydrogen-bond donors (Lipinski definition) is 2. The van der Waals surface area contributed by atoms with Gasteiger partial charge < -0.3 is 5.32 Å². The lowest BCUT2D eigenvalue weighted by atomic mass is 10.0. The minimum atomic E-state index is -4.52. The number of sulfonamides is 1. The minimum absolute atomic E-state index is 0.0669. The van der Waals surface area contributed by atoms with Crippen LogP contribution in [0.2, 0.25) is 0 Å². The molecule has 0 spiro atoms. The van der Waals surface area contributed by atoms with Crippen LogP contribution >= 0.6 is 0 Å². The van der Waals surface area contributed by atoms with E-state index in [2.05, 4.69) is 5.32 Å². The average Bonchev–Trinajstić information content (AvgIpc) is 2.56. The molecule has 4 nitrogen and oxygen atoms in total. The smallest absolute Gasteiger partial charge is 0.384 e. The van der Waals surface area contributed by atoms with Gasteiger partial charge in [-0.05, 0) is 17.7 Å². The third kappa shape index (κ3) is 2.15. The zero-order valence-electron chi connectivity index (χ0n) is 8.75. The summed E-state index contributed by atoms with van der Waals surface area (Å²) < 4.78 is 73.3. The van der Waals surface area contributed by atoms with Gasteiger partial charge >= 0.3 is 6.18 Å². The van der Waals surface area contributed by atoms with Gasteiger partial charge in [0.25, 0.3) is 0 Å². The molecule has 0 amide bonds. The third-order valence-corrected chi connectivity index (χ3v) is 3.60. The molecule has 0 fully saturated rings. The van der Waals surface area contributed by atoms with E-state index in [0.717, 1.165) is 6.07 Å². The van der Waals surface area contributed by atoms with Crippen LogP contribution in [0.15, 0.2) is 17.0 Å². The average molecular weight is 284 g/mol. The number of benzene rings is 1. The number of anilines is 1. The number of primary sulfonamides is 1. The SMILES string of the molecule is NS(=O)(=O)c1cc2c(cc1F)[C@H](C(F)(F)F)CN2. The fraction of sp³-hybridized carbons (Fsp3) is 0.333. The van der Waals surface area contributed by atoms with Gasteiger partial charge in [0.2, 0.25) is 10.0 Å². The summed E-state index contributed by atoms with van der Waals surface area (Å²) in [6, 6.07) is 1.35.